The number of amides is 2. The number of nitrogens with zero attached hydrogens (tertiary/aromatic N) is 4. The number of carbonyl (C=O) groups is 2. The van der Waals surface area contributed by atoms with Gasteiger partial charge in [0, 0.05) is 20.2 Å². The number of methoxy groups -OCH3 is 1. The van der Waals surface area contributed by atoms with Crippen LogP contribution in [0.1, 0.15) is 54.6 Å². The largest absolute Gasteiger partial charge is 0.383 e. The summed E-state index contributed by atoms with van der Waals surface area (Å²) in [6.45, 7) is 2.20. The van der Waals surface area contributed by atoms with E-state index in [0.717, 1.165) is 50.6 Å². The number of hydrogen-bond acceptors (Lipinski definition) is 5. The zero-order valence-electron chi connectivity index (χ0n) is 18.1. The third kappa shape index (κ3) is 4.49. The number of carbonyl (C=O) groups excluding carboxylic acids is 2. The van der Waals surface area contributed by atoms with Gasteiger partial charge in [-0.2, -0.15) is 0 Å². The van der Waals surface area contributed by atoms with Gasteiger partial charge in [0.1, 0.15) is 0 Å². The van der Waals surface area contributed by atoms with Crippen molar-refractivity contribution in [2.45, 2.75) is 56.5 Å². The van der Waals surface area contributed by atoms with E-state index in [9.17, 15) is 9.59 Å². The van der Waals surface area contributed by atoms with Crippen molar-refractivity contribution < 1.29 is 14.3 Å². The fraction of sp³-hybridized carbons (Fsp3) is 0.565. The van der Waals surface area contributed by atoms with Crippen LogP contribution in [-0.2, 0) is 21.5 Å². The zero-order valence-corrected chi connectivity index (χ0v) is 18.1. The lowest BCUT2D eigenvalue weighted by molar-refractivity contribution is -0.138. The Morgan fingerprint density at radius 1 is 1.19 bits per heavy atom. The van der Waals surface area contributed by atoms with Gasteiger partial charge in [-0.25, -0.2) is 4.68 Å². The van der Waals surface area contributed by atoms with Crippen molar-refractivity contribution in [3.8, 4) is 0 Å². The van der Waals surface area contributed by atoms with E-state index in [-0.39, 0.29) is 23.6 Å². The van der Waals surface area contributed by atoms with Crippen molar-refractivity contribution >= 4 is 11.8 Å². The molecule has 1 N–H and O–H groups in total. The van der Waals surface area contributed by atoms with E-state index < -0.39 is 5.41 Å². The Balaban J connectivity index is 1.46. The minimum absolute atomic E-state index is 0.0692. The normalized spacial score (nSPS) is 20.2. The SMILES string of the molecule is COCCNC(=O)c1cn(C[C@@H]2CCCN2C(=O)C2(c3ccccc3)CCCC2)nn1. The summed E-state index contributed by atoms with van der Waals surface area (Å²) in [7, 11) is 1.59. The standard InChI is InChI=1S/C23H31N5O3/c1-31-15-13-24-21(29)20-17-27(26-25-20)16-19-10-7-14-28(19)22(30)23(11-5-6-12-23)18-8-3-2-4-9-18/h2-4,8-9,17,19H,5-7,10-16H2,1H3,(H,24,29)/t19-/m0/s1. The van der Waals surface area contributed by atoms with E-state index >= 15 is 0 Å². The van der Waals surface area contributed by atoms with Gasteiger partial charge in [-0.05, 0) is 31.2 Å². The molecule has 8 heteroatoms. The van der Waals surface area contributed by atoms with Gasteiger partial charge in [0.05, 0.1) is 30.8 Å². The van der Waals surface area contributed by atoms with Gasteiger partial charge in [-0.15, -0.1) is 5.10 Å². The summed E-state index contributed by atoms with van der Waals surface area (Å²) in [6.07, 6.45) is 7.58. The van der Waals surface area contributed by atoms with Crippen LogP contribution in [0.4, 0.5) is 0 Å². The Bertz CT molecular complexity index is 892. The molecule has 1 saturated heterocycles. The summed E-state index contributed by atoms with van der Waals surface area (Å²) < 4.78 is 6.63. The molecule has 2 amide bonds. The number of rotatable bonds is 8. The number of ether oxygens (including phenoxy) is 1. The van der Waals surface area contributed by atoms with E-state index in [0.29, 0.717) is 19.7 Å². The average molecular weight is 426 g/mol. The highest BCUT2D eigenvalue weighted by Gasteiger charge is 2.47. The molecular formula is C23H31N5O3. The molecule has 166 valence electrons. The maximum absolute atomic E-state index is 13.8. The third-order valence-corrected chi connectivity index (χ3v) is 6.59. The Labute approximate surface area is 182 Å². The lowest BCUT2D eigenvalue weighted by Gasteiger charge is -2.36. The van der Waals surface area contributed by atoms with Crippen LogP contribution in [0.3, 0.4) is 0 Å². The van der Waals surface area contributed by atoms with Crippen LogP contribution < -0.4 is 5.32 Å². The van der Waals surface area contributed by atoms with Crippen molar-refractivity contribution in [2.75, 3.05) is 26.8 Å². The van der Waals surface area contributed by atoms with Crippen LogP contribution >= 0.6 is 0 Å². The van der Waals surface area contributed by atoms with Crippen molar-refractivity contribution in [3.05, 3.63) is 47.8 Å². The molecule has 2 aromatic rings. The highest BCUT2D eigenvalue weighted by Crippen LogP contribution is 2.43. The molecule has 0 unspecified atom stereocenters. The van der Waals surface area contributed by atoms with Gasteiger partial charge in [0.2, 0.25) is 5.91 Å². The summed E-state index contributed by atoms with van der Waals surface area (Å²) >= 11 is 0. The van der Waals surface area contributed by atoms with Gasteiger partial charge in [0.15, 0.2) is 5.69 Å². The second kappa shape index (κ2) is 9.60. The van der Waals surface area contributed by atoms with Gasteiger partial charge >= 0.3 is 0 Å². The zero-order chi connectivity index (χ0) is 21.7. The quantitative estimate of drug-likeness (QED) is 0.655. The molecule has 1 atom stereocenters. The minimum atomic E-state index is -0.404. The molecule has 1 aromatic carbocycles. The predicted molar refractivity (Wildman–Crippen MR) is 116 cm³/mol. The molecule has 1 aromatic heterocycles. The highest BCUT2D eigenvalue weighted by atomic mass is 16.5. The maximum Gasteiger partial charge on any atom is 0.273 e. The minimum Gasteiger partial charge on any atom is -0.383 e. The molecule has 2 heterocycles. The molecule has 2 fully saturated rings. The third-order valence-electron chi connectivity index (χ3n) is 6.59. The summed E-state index contributed by atoms with van der Waals surface area (Å²) in [5.41, 5.74) is 1.01. The van der Waals surface area contributed by atoms with Crippen LogP contribution in [0.15, 0.2) is 36.5 Å². The number of likely N-dealkylation sites (tertiary alicyclic amines) is 1. The molecular weight excluding hydrogens is 394 g/mol. The summed E-state index contributed by atoms with van der Waals surface area (Å²) in [6, 6.07) is 10.3. The molecule has 1 aliphatic carbocycles. The first-order valence-corrected chi connectivity index (χ1v) is 11.2. The number of hydrogen-bond donors (Lipinski definition) is 1. The lowest BCUT2D eigenvalue weighted by Crippen LogP contribution is -2.48. The van der Waals surface area contributed by atoms with Gasteiger partial charge < -0.3 is 15.0 Å². The van der Waals surface area contributed by atoms with Crippen molar-refractivity contribution in [1.29, 1.82) is 0 Å². The van der Waals surface area contributed by atoms with Crippen molar-refractivity contribution in [3.63, 3.8) is 0 Å². The summed E-state index contributed by atoms with van der Waals surface area (Å²) in [5, 5.41) is 10.9. The first-order chi connectivity index (χ1) is 15.1. The van der Waals surface area contributed by atoms with Crippen LogP contribution in [0, 0.1) is 0 Å². The van der Waals surface area contributed by atoms with Crippen molar-refractivity contribution in [1.82, 2.24) is 25.2 Å². The van der Waals surface area contributed by atoms with E-state index in [4.69, 9.17) is 4.74 Å². The molecule has 31 heavy (non-hydrogen) atoms. The van der Waals surface area contributed by atoms with E-state index in [1.54, 1.807) is 18.0 Å². The maximum atomic E-state index is 13.8. The average Bonchev–Trinajstić information content (AvgIpc) is 3.56. The first-order valence-electron chi connectivity index (χ1n) is 11.2. The molecule has 8 nitrogen and oxygen atoms in total. The van der Waals surface area contributed by atoms with Crippen LogP contribution in [0.5, 0.6) is 0 Å². The lowest BCUT2D eigenvalue weighted by atomic mass is 9.77. The smallest absolute Gasteiger partial charge is 0.273 e. The fourth-order valence-corrected chi connectivity index (χ4v) is 4.99. The Kier molecular flexibility index (Phi) is 6.65. The molecule has 1 aliphatic heterocycles. The number of aromatic nitrogens is 3. The predicted octanol–water partition coefficient (Wildman–Crippen LogP) is 2.16. The van der Waals surface area contributed by atoms with E-state index in [1.165, 1.54) is 0 Å². The van der Waals surface area contributed by atoms with Gasteiger partial charge in [-0.1, -0.05) is 48.4 Å². The number of nitrogens with one attached hydrogen (secondary N) is 1. The van der Waals surface area contributed by atoms with Crippen LogP contribution in [-0.4, -0.2) is 64.6 Å². The van der Waals surface area contributed by atoms with Gasteiger partial charge in [0.25, 0.3) is 5.91 Å². The molecule has 0 radical (unpaired) electrons. The first kappa shape index (κ1) is 21.5. The monoisotopic (exact) mass is 425 g/mol. The van der Waals surface area contributed by atoms with Gasteiger partial charge in [-0.3, -0.25) is 9.59 Å². The van der Waals surface area contributed by atoms with E-state index in [2.05, 4.69) is 32.7 Å². The molecule has 0 bridgehead atoms. The summed E-state index contributed by atoms with van der Waals surface area (Å²) in [5.74, 6) is -0.0204. The van der Waals surface area contributed by atoms with Crippen LogP contribution in [0.2, 0.25) is 0 Å². The molecule has 0 spiro atoms. The van der Waals surface area contributed by atoms with Crippen molar-refractivity contribution in [2.24, 2.45) is 0 Å². The highest BCUT2D eigenvalue weighted by molar-refractivity contribution is 5.91. The Hall–Kier alpha value is -2.74. The van der Waals surface area contributed by atoms with E-state index in [1.807, 2.05) is 18.2 Å². The van der Waals surface area contributed by atoms with Crippen LogP contribution in [0.25, 0.3) is 0 Å². The molecule has 1 saturated carbocycles. The Morgan fingerprint density at radius 3 is 2.71 bits per heavy atom. The fourth-order valence-electron chi connectivity index (χ4n) is 4.99. The second-order valence-corrected chi connectivity index (χ2v) is 8.52. The second-order valence-electron chi connectivity index (χ2n) is 8.52. The molecule has 2 aliphatic rings. The topological polar surface area (TPSA) is 89.4 Å². The number of benzene rings is 1. The Morgan fingerprint density at radius 2 is 1.97 bits per heavy atom. The molecule has 4 rings (SSSR count). The summed E-state index contributed by atoms with van der Waals surface area (Å²) in [4.78, 5) is 28.1.